The molecule has 0 saturated carbocycles. The molecule has 2 aromatic carbocycles. The van der Waals surface area contributed by atoms with Gasteiger partial charge in [-0.15, -0.1) is 0 Å². The maximum Gasteiger partial charge on any atom is 0.276 e. The minimum absolute atomic E-state index is 0.0620. The molecule has 5 heteroatoms. The SMILES string of the molecule is Cc1ccc(S(=O)(=O)N/N=C2/C[C@H]3C=C[C@H]2c2ccccc23)cc1. The zero-order valence-corrected chi connectivity index (χ0v) is 14.1. The van der Waals surface area contributed by atoms with Crippen molar-refractivity contribution in [3.63, 3.8) is 0 Å². The standard InChI is InChI=1S/C19H18N2O2S/c1-13-6-9-15(10-7-13)24(22,23)21-20-19-12-14-8-11-18(19)17-5-3-2-4-16(14)17/h2-11,14,18,21H,12H2,1H3/b20-19-/t14-,18+/m1/s1. The van der Waals surface area contributed by atoms with Gasteiger partial charge < -0.3 is 0 Å². The van der Waals surface area contributed by atoms with Gasteiger partial charge in [0.1, 0.15) is 0 Å². The number of hydrogen-bond acceptors (Lipinski definition) is 3. The highest BCUT2D eigenvalue weighted by molar-refractivity contribution is 7.89. The van der Waals surface area contributed by atoms with E-state index in [2.05, 4.69) is 34.2 Å². The third-order valence-electron chi connectivity index (χ3n) is 4.70. The average molecular weight is 338 g/mol. The molecule has 0 amide bonds. The lowest BCUT2D eigenvalue weighted by molar-refractivity contribution is 0.583. The second-order valence-electron chi connectivity index (χ2n) is 6.31. The first-order valence-corrected chi connectivity index (χ1v) is 9.45. The molecule has 0 unspecified atom stereocenters. The number of rotatable bonds is 3. The van der Waals surface area contributed by atoms with Crippen molar-refractivity contribution >= 4 is 15.7 Å². The Morgan fingerprint density at radius 3 is 2.46 bits per heavy atom. The smallest absolute Gasteiger partial charge is 0.200 e. The summed E-state index contributed by atoms with van der Waals surface area (Å²) in [6, 6.07) is 15.1. The first-order valence-electron chi connectivity index (χ1n) is 7.97. The van der Waals surface area contributed by atoms with Gasteiger partial charge in [-0.05, 0) is 36.6 Å². The maximum atomic E-state index is 12.4. The Morgan fingerprint density at radius 2 is 1.71 bits per heavy atom. The summed E-state index contributed by atoms with van der Waals surface area (Å²) < 4.78 is 24.8. The summed E-state index contributed by atoms with van der Waals surface area (Å²) in [6.07, 6.45) is 5.07. The predicted molar refractivity (Wildman–Crippen MR) is 94.6 cm³/mol. The number of benzene rings is 2. The highest BCUT2D eigenvalue weighted by atomic mass is 32.2. The van der Waals surface area contributed by atoms with E-state index in [9.17, 15) is 8.42 Å². The molecule has 5 rings (SSSR count). The van der Waals surface area contributed by atoms with Gasteiger partial charge >= 0.3 is 0 Å². The van der Waals surface area contributed by atoms with Crippen LogP contribution in [0.5, 0.6) is 0 Å². The van der Waals surface area contributed by atoms with Crippen molar-refractivity contribution < 1.29 is 8.42 Å². The zero-order chi connectivity index (χ0) is 16.7. The highest BCUT2D eigenvalue weighted by Gasteiger charge is 2.33. The molecule has 0 heterocycles. The average Bonchev–Trinajstić information content (AvgIpc) is 2.61. The number of nitrogens with one attached hydrogen (secondary N) is 1. The molecule has 0 aromatic heterocycles. The van der Waals surface area contributed by atoms with Gasteiger partial charge in [-0.3, -0.25) is 0 Å². The normalized spacial score (nSPS) is 23.3. The largest absolute Gasteiger partial charge is 0.276 e. The molecule has 24 heavy (non-hydrogen) atoms. The molecule has 2 atom stereocenters. The fourth-order valence-corrected chi connectivity index (χ4v) is 4.25. The summed E-state index contributed by atoms with van der Waals surface area (Å²) in [7, 11) is -3.63. The van der Waals surface area contributed by atoms with E-state index in [0.717, 1.165) is 17.7 Å². The van der Waals surface area contributed by atoms with Gasteiger partial charge in [-0.1, -0.05) is 54.1 Å². The van der Waals surface area contributed by atoms with Crippen LogP contribution < -0.4 is 4.83 Å². The van der Waals surface area contributed by atoms with Crippen LogP contribution in [0.3, 0.4) is 0 Å². The minimum atomic E-state index is -3.63. The van der Waals surface area contributed by atoms with Crippen molar-refractivity contribution in [1.29, 1.82) is 0 Å². The summed E-state index contributed by atoms with van der Waals surface area (Å²) >= 11 is 0. The molecule has 0 saturated heterocycles. The van der Waals surface area contributed by atoms with E-state index in [0.29, 0.717) is 0 Å². The van der Waals surface area contributed by atoms with Gasteiger partial charge in [0.2, 0.25) is 0 Å². The van der Waals surface area contributed by atoms with E-state index in [1.165, 1.54) is 11.1 Å². The van der Waals surface area contributed by atoms with Crippen molar-refractivity contribution in [3.05, 3.63) is 77.4 Å². The van der Waals surface area contributed by atoms with Crippen LogP contribution in [0.1, 0.15) is 34.9 Å². The molecule has 0 aliphatic heterocycles. The van der Waals surface area contributed by atoms with Crippen molar-refractivity contribution in [1.82, 2.24) is 4.83 Å². The minimum Gasteiger partial charge on any atom is -0.200 e. The van der Waals surface area contributed by atoms with E-state index in [1.54, 1.807) is 24.3 Å². The Labute approximate surface area is 142 Å². The van der Waals surface area contributed by atoms with E-state index >= 15 is 0 Å². The molecule has 3 aliphatic carbocycles. The van der Waals surface area contributed by atoms with E-state index in [1.807, 2.05) is 19.1 Å². The molecule has 1 N–H and O–H groups in total. The van der Waals surface area contributed by atoms with Crippen LogP contribution in [0.4, 0.5) is 0 Å². The van der Waals surface area contributed by atoms with Gasteiger partial charge in [-0.25, -0.2) is 4.83 Å². The van der Waals surface area contributed by atoms with Gasteiger partial charge in [0.25, 0.3) is 10.0 Å². The fraction of sp³-hybridized carbons (Fsp3) is 0.211. The van der Waals surface area contributed by atoms with Crippen LogP contribution in [-0.4, -0.2) is 14.1 Å². The highest BCUT2D eigenvalue weighted by Crippen LogP contribution is 2.43. The predicted octanol–water partition coefficient (Wildman–Crippen LogP) is 3.47. The molecular weight excluding hydrogens is 320 g/mol. The molecule has 0 spiro atoms. The molecule has 3 aliphatic rings. The quantitative estimate of drug-likeness (QED) is 0.688. The topological polar surface area (TPSA) is 58.5 Å². The second kappa shape index (κ2) is 5.60. The number of sulfonamides is 1. The molecule has 2 aromatic rings. The number of fused-ring (bicyclic) bond motifs is 1. The molecule has 0 radical (unpaired) electrons. The van der Waals surface area contributed by atoms with E-state index < -0.39 is 10.0 Å². The summed E-state index contributed by atoms with van der Waals surface area (Å²) in [6.45, 7) is 1.92. The van der Waals surface area contributed by atoms with Crippen molar-refractivity contribution in [2.24, 2.45) is 5.10 Å². The molecular formula is C19H18N2O2S. The fourth-order valence-electron chi connectivity index (χ4n) is 3.41. The molecule has 4 nitrogen and oxygen atoms in total. The van der Waals surface area contributed by atoms with Crippen LogP contribution in [-0.2, 0) is 10.0 Å². The van der Waals surface area contributed by atoms with E-state index in [-0.39, 0.29) is 16.7 Å². The number of hydrazone groups is 1. The maximum absolute atomic E-state index is 12.4. The summed E-state index contributed by atoms with van der Waals surface area (Å²) in [5.74, 6) is 0.348. The van der Waals surface area contributed by atoms with Gasteiger partial charge in [0.05, 0.1) is 10.6 Å². The second-order valence-corrected chi connectivity index (χ2v) is 7.97. The lowest BCUT2D eigenvalue weighted by Crippen LogP contribution is -2.29. The third-order valence-corrected chi connectivity index (χ3v) is 5.92. The van der Waals surface area contributed by atoms with Gasteiger partial charge in [0.15, 0.2) is 0 Å². The van der Waals surface area contributed by atoms with Crippen molar-refractivity contribution in [3.8, 4) is 0 Å². The monoisotopic (exact) mass is 338 g/mol. The zero-order valence-electron chi connectivity index (χ0n) is 13.3. The third kappa shape index (κ3) is 2.55. The Hall–Kier alpha value is -2.40. The Kier molecular flexibility index (Phi) is 3.53. The first kappa shape index (κ1) is 15.1. The number of aryl methyl sites for hydroxylation is 1. The van der Waals surface area contributed by atoms with Crippen LogP contribution in [0.15, 0.2) is 70.7 Å². The molecule has 2 bridgehead atoms. The van der Waals surface area contributed by atoms with Crippen LogP contribution >= 0.6 is 0 Å². The molecule has 122 valence electrons. The van der Waals surface area contributed by atoms with Crippen molar-refractivity contribution in [2.45, 2.75) is 30.1 Å². The van der Waals surface area contributed by atoms with E-state index in [4.69, 9.17) is 0 Å². The van der Waals surface area contributed by atoms with Crippen LogP contribution in [0.25, 0.3) is 0 Å². The first-order chi connectivity index (χ1) is 11.5. The number of allylic oxidation sites excluding steroid dienone is 2. The Balaban J connectivity index is 1.62. The van der Waals surface area contributed by atoms with Gasteiger partial charge in [0, 0.05) is 11.8 Å². The van der Waals surface area contributed by atoms with Crippen molar-refractivity contribution in [2.75, 3.05) is 0 Å². The van der Waals surface area contributed by atoms with Gasteiger partial charge in [-0.2, -0.15) is 13.5 Å². The number of nitrogens with zero attached hydrogens (tertiary/aromatic N) is 1. The molecule has 0 fully saturated rings. The Bertz CT molecular complexity index is 944. The lowest BCUT2D eigenvalue weighted by atomic mass is 9.70. The summed E-state index contributed by atoms with van der Waals surface area (Å²) in [5, 5.41) is 4.26. The Morgan fingerprint density at radius 1 is 1.00 bits per heavy atom. The lowest BCUT2D eigenvalue weighted by Gasteiger charge is -2.34. The summed E-state index contributed by atoms with van der Waals surface area (Å²) in [5.41, 5.74) is 4.44. The van der Waals surface area contributed by atoms with Crippen LogP contribution in [0.2, 0.25) is 0 Å². The van der Waals surface area contributed by atoms with Crippen LogP contribution in [0, 0.1) is 6.92 Å². The summed E-state index contributed by atoms with van der Waals surface area (Å²) in [4.78, 5) is 2.64. The number of hydrogen-bond donors (Lipinski definition) is 1.